The van der Waals surface area contributed by atoms with Crippen LogP contribution in [0.15, 0.2) is 73.1 Å². The van der Waals surface area contributed by atoms with E-state index in [1.165, 1.54) is 31.4 Å². The van der Waals surface area contributed by atoms with Gasteiger partial charge in [0.05, 0.1) is 17.8 Å². The molecule has 2 N–H and O–H groups in total. The first kappa shape index (κ1) is 20.7. The number of carbonyl (C=O) groups excluding carboxylic acids is 1. The summed E-state index contributed by atoms with van der Waals surface area (Å²) in [5.41, 5.74) is 2.88. The van der Waals surface area contributed by atoms with Gasteiger partial charge in [-0.05, 0) is 61.5 Å². The summed E-state index contributed by atoms with van der Waals surface area (Å²) >= 11 is 5.73. The minimum Gasteiger partial charge on any atom is -0.352 e. The van der Waals surface area contributed by atoms with E-state index < -0.39 is 0 Å². The van der Waals surface area contributed by atoms with Crippen molar-refractivity contribution in [2.24, 2.45) is 0 Å². The van der Waals surface area contributed by atoms with Gasteiger partial charge in [0.25, 0.3) is 0 Å². The Morgan fingerprint density at radius 3 is 2.59 bits per heavy atom. The second kappa shape index (κ2) is 9.12. The van der Waals surface area contributed by atoms with Crippen molar-refractivity contribution in [3.8, 4) is 0 Å². The molecule has 1 aliphatic heterocycles. The monoisotopic (exact) mass is 445 g/mol. The number of nitrogens with one attached hydrogen (secondary N) is 2. The first-order valence-corrected chi connectivity index (χ1v) is 11.6. The van der Waals surface area contributed by atoms with Crippen LogP contribution in [0.1, 0.15) is 55.2 Å². The molecule has 1 aliphatic carbocycles. The van der Waals surface area contributed by atoms with Gasteiger partial charge in [-0.3, -0.25) is 9.78 Å². The van der Waals surface area contributed by atoms with Gasteiger partial charge in [-0.15, -0.1) is 0 Å². The van der Waals surface area contributed by atoms with Gasteiger partial charge in [-0.2, -0.15) is 0 Å². The topological polar surface area (TPSA) is 62.2 Å². The van der Waals surface area contributed by atoms with E-state index in [0.717, 1.165) is 11.4 Å². The maximum Gasteiger partial charge on any atom is 0.244 e. The lowest BCUT2D eigenvalue weighted by atomic mass is 10.0. The van der Waals surface area contributed by atoms with Crippen LogP contribution in [-0.4, -0.2) is 32.0 Å². The first-order valence-electron chi connectivity index (χ1n) is 11.2. The lowest BCUT2D eigenvalue weighted by molar-refractivity contribution is -0.116. The summed E-state index contributed by atoms with van der Waals surface area (Å²) < 4.78 is 2.39. The molecular formula is C25H27N5OS. The molecule has 1 aromatic carbocycles. The third-order valence-corrected chi connectivity index (χ3v) is 6.75. The van der Waals surface area contributed by atoms with Crippen LogP contribution in [0.5, 0.6) is 0 Å². The number of rotatable bonds is 6. The van der Waals surface area contributed by atoms with Crippen LogP contribution in [0, 0.1) is 0 Å². The largest absolute Gasteiger partial charge is 0.352 e. The van der Waals surface area contributed by atoms with Gasteiger partial charge in [0.15, 0.2) is 5.11 Å². The van der Waals surface area contributed by atoms with Crippen LogP contribution in [0.3, 0.4) is 0 Å². The van der Waals surface area contributed by atoms with E-state index >= 15 is 0 Å². The first-order chi connectivity index (χ1) is 15.7. The molecule has 0 spiro atoms. The molecule has 2 aromatic heterocycles. The van der Waals surface area contributed by atoms with E-state index in [0.29, 0.717) is 11.2 Å². The standard InChI is InChI=1S/C25H27N5OS/c31-22(27-18-9-2-1-3-10-18)17-30-24(21-14-8-16-29(21)19-11-4-5-12-19)23(28-25(30)32)20-13-6-7-15-26-20/h1-3,6-10,13-16,19,23-24H,4-5,11-12,17H2,(H,27,31)(H,28,32)/t23-,24-/m1/s1. The number of pyridine rings is 1. The molecule has 1 saturated carbocycles. The smallest absolute Gasteiger partial charge is 0.244 e. The number of thiocarbonyl (C=S) groups is 1. The molecule has 0 bridgehead atoms. The summed E-state index contributed by atoms with van der Waals surface area (Å²) in [6, 6.07) is 20.0. The second-order valence-corrected chi connectivity index (χ2v) is 8.83. The van der Waals surface area contributed by atoms with Crippen molar-refractivity contribution in [1.82, 2.24) is 19.8 Å². The van der Waals surface area contributed by atoms with E-state index in [-0.39, 0.29) is 24.5 Å². The van der Waals surface area contributed by atoms with E-state index in [1.807, 2.05) is 53.4 Å². The highest BCUT2D eigenvalue weighted by Crippen LogP contribution is 2.41. The van der Waals surface area contributed by atoms with Crippen molar-refractivity contribution in [3.63, 3.8) is 0 Å². The maximum atomic E-state index is 13.0. The van der Waals surface area contributed by atoms with E-state index in [9.17, 15) is 4.79 Å². The number of amides is 1. The highest BCUT2D eigenvalue weighted by molar-refractivity contribution is 7.80. The quantitative estimate of drug-likeness (QED) is 0.543. The van der Waals surface area contributed by atoms with Gasteiger partial charge in [0, 0.05) is 29.8 Å². The zero-order chi connectivity index (χ0) is 21.9. The molecule has 3 heterocycles. The molecule has 2 atom stereocenters. The maximum absolute atomic E-state index is 13.0. The fraction of sp³-hybridized carbons (Fsp3) is 0.320. The summed E-state index contributed by atoms with van der Waals surface area (Å²) in [4.78, 5) is 19.6. The van der Waals surface area contributed by atoms with Crippen molar-refractivity contribution < 1.29 is 4.79 Å². The SMILES string of the molecule is O=C(CN1C(=S)N[C@H](c2ccccn2)[C@H]1c1cccn1C1CCCC1)Nc1ccccc1. The van der Waals surface area contributed by atoms with Gasteiger partial charge in [0.1, 0.15) is 6.54 Å². The van der Waals surface area contributed by atoms with Crippen LogP contribution in [0.25, 0.3) is 0 Å². The van der Waals surface area contributed by atoms with Gasteiger partial charge >= 0.3 is 0 Å². The third kappa shape index (κ3) is 4.12. The van der Waals surface area contributed by atoms with Crippen molar-refractivity contribution in [1.29, 1.82) is 0 Å². The minimum absolute atomic E-state index is 0.0917. The lowest BCUT2D eigenvalue weighted by Gasteiger charge is -2.30. The second-order valence-electron chi connectivity index (χ2n) is 8.45. The average Bonchev–Trinajstić information content (AvgIpc) is 3.56. The molecule has 7 heteroatoms. The summed E-state index contributed by atoms with van der Waals surface area (Å²) in [5.74, 6) is -0.0917. The van der Waals surface area contributed by atoms with Crippen LogP contribution >= 0.6 is 12.2 Å². The summed E-state index contributed by atoms with van der Waals surface area (Å²) in [6.45, 7) is 0.171. The van der Waals surface area contributed by atoms with Crippen LogP contribution < -0.4 is 10.6 Å². The Kier molecular flexibility index (Phi) is 5.90. The van der Waals surface area contributed by atoms with Crippen LogP contribution in [0.4, 0.5) is 5.69 Å². The highest BCUT2D eigenvalue weighted by atomic mass is 32.1. The molecule has 5 rings (SSSR count). The number of aromatic nitrogens is 2. The number of hydrogen-bond acceptors (Lipinski definition) is 3. The minimum atomic E-state index is -0.122. The van der Waals surface area contributed by atoms with E-state index in [4.69, 9.17) is 12.2 Å². The molecule has 164 valence electrons. The van der Waals surface area contributed by atoms with Crippen molar-refractivity contribution in [3.05, 3.63) is 84.4 Å². The fourth-order valence-electron chi connectivity index (χ4n) is 4.95. The summed E-state index contributed by atoms with van der Waals surface area (Å²) in [6.07, 6.45) is 8.87. The normalized spacial score (nSPS) is 21.0. The van der Waals surface area contributed by atoms with Gasteiger partial charge in [-0.1, -0.05) is 37.1 Å². The van der Waals surface area contributed by atoms with Gasteiger partial charge in [0.2, 0.25) is 5.91 Å². The molecule has 2 fully saturated rings. The Morgan fingerprint density at radius 2 is 1.84 bits per heavy atom. The van der Waals surface area contributed by atoms with Crippen LogP contribution in [0.2, 0.25) is 0 Å². The molecule has 32 heavy (non-hydrogen) atoms. The summed E-state index contributed by atoms with van der Waals surface area (Å²) in [5, 5.41) is 7.01. The van der Waals surface area contributed by atoms with Crippen LogP contribution in [-0.2, 0) is 4.79 Å². The molecule has 1 saturated heterocycles. The van der Waals surface area contributed by atoms with Crippen molar-refractivity contribution in [2.45, 2.75) is 43.8 Å². The van der Waals surface area contributed by atoms with Crippen molar-refractivity contribution in [2.75, 3.05) is 11.9 Å². The molecule has 0 unspecified atom stereocenters. The molecule has 1 amide bonds. The summed E-state index contributed by atoms with van der Waals surface area (Å²) in [7, 11) is 0. The Morgan fingerprint density at radius 1 is 1.06 bits per heavy atom. The zero-order valence-corrected chi connectivity index (χ0v) is 18.7. The molecule has 6 nitrogen and oxygen atoms in total. The highest BCUT2D eigenvalue weighted by Gasteiger charge is 2.42. The molecular weight excluding hydrogens is 418 g/mol. The zero-order valence-electron chi connectivity index (χ0n) is 17.9. The number of carbonyl (C=O) groups is 1. The number of nitrogens with zero attached hydrogens (tertiary/aromatic N) is 3. The van der Waals surface area contributed by atoms with Gasteiger partial charge in [-0.25, -0.2) is 0 Å². The number of benzene rings is 1. The predicted molar refractivity (Wildman–Crippen MR) is 129 cm³/mol. The molecule has 2 aliphatic rings. The fourth-order valence-corrected chi connectivity index (χ4v) is 5.25. The predicted octanol–water partition coefficient (Wildman–Crippen LogP) is 4.61. The van der Waals surface area contributed by atoms with Crippen molar-refractivity contribution >= 4 is 28.9 Å². The van der Waals surface area contributed by atoms with E-state index in [2.05, 4.69) is 38.5 Å². The lowest BCUT2D eigenvalue weighted by Crippen LogP contribution is -2.37. The van der Waals surface area contributed by atoms with Gasteiger partial charge < -0.3 is 20.1 Å². The Labute approximate surface area is 193 Å². The Balaban J connectivity index is 1.47. The average molecular weight is 446 g/mol. The van der Waals surface area contributed by atoms with E-state index in [1.54, 1.807) is 6.20 Å². The number of anilines is 1. The molecule has 0 radical (unpaired) electrons. The number of hydrogen-bond donors (Lipinski definition) is 2. The number of para-hydroxylation sites is 1. The third-order valence-electron chi connectivity index (χ3n) is 6.40. The molecule has 3 aromatic rings. The Hall–Kier alpha value is -3.19. The Bertz CT molecular complexity index is 1080.